The summed E-state index contributed by atoms with van der Waals surface area (Å²) < 4.78 is 22.3. The number of fused-ring (bicyclic) bond motifs is 1. The van der Waals surface area contributed by atoms with Crippen LogP contribution in [0.2, 0.25) is 0 Å². The quantitative estimate of drug-likeness (QED) is 0.435. The molecule has 0 aliphatic carbocycles. The molecule has 1 heterocycles. The van der Waals surface area contributed by atoms with Gasteiger partial charge in [0.15, 0.2) is 0 Å². The van der Waals surface area contributed by atoms with Crippen molar-refractivity contribution in [1.29, 1.82) is 0 Å². The zero-order chi connectivity index (χ0) is 25.2. The van der Waals surface area contributed by atoms with Crippen molar-refractivity contribution in [2.24, 2.45) is 0 Å². The molecule has 2 atom stereocenters. The molecule has 184 valence electrons. The van der Waals surface area contributed by atoms with Crippen LogP contribution in [-0.4, -0.2) is 49.4 Å². The van der Waals surface area contributed by atoms with Gasteiger partial charge in [-0.3, -0.25) is 4.90 Å². The summed E-state index contributed by atoms with van der Waals surface area (Å²) in [6.45, 7) is 5.89. The highest BCUT2D eigenvalue weighted by Gasteiger charge is 2.40. The van der Waals surface area contributed by atoms with Gasteiger partial charge in [0.1, 0.15) is 28.8 Å². The third kappa shape index (κ3) is 5.50. The Labute approximate surface area is 205 Å². The van der Waals surface area contributed by atoms with Crippen molar-refractivity contribution in [3.05, 3.63) is 71.8 Å². The normalized spacial score (nSPS) is 17.8. The minimum absolute atomic E-state index is 0.236. The number of hydrogen-bond donors (Lipinski definition) is 0. The molecule has 35 heavy (non-hydrogen) atoms. The maximum atomic E-state index is 13.1. The molecular weight excluding hydrogens is 446 g/mol. The fraction of sp³-hybridized carbons (Fsp3) is 0.357. The van der Waals surface area contributed by atoms with Crippen LogP contribution in [-0.2, 0) is 9.47 Å². The number of ether oxygens (including phenoxy) is 4. The average molecular weight is 478 g/mol. The topological polar surface area (TPSA) is 74.3 Å². The van der Waals surface area contributed by atoms with E-state index in [2.05, 4.69) is 6.07 Å². The van der Waals surface area contributed by atoms with Gasteiger partial charge >= 0.3 is 12.1 Å². The molecular formula is C28H31NO6. The first-order valence-electron chi connectivity index (χ1n) is 11.6. The Morgan fingerprint density at radius 3 is 2.37 bits per heavy atom. The van der Waals surface area contributed by atoms with Crippen molar-refractivity contribution >= 4 is 22.8 Å². The number of hydrogen-bond acceptors (Lipinski definition) is 6. The maximum absolute atomic E-state index is 13.1. The van der Waals surface area contributed by atoms with Crippen molar-refractivity contribution in [3.8, 4) is 11.5 Å². The van der Waals surface area contributed by atoms with E-state index in [0.29, 0.717) is 24.3 Å². The summed E-state index contributed by atoms with van der Waals surface area (Å²) >= 11 is 0. The van der Waals surface area contributed by atoms with Gasteiger partial charge in [-0.1, -0.05) is 36.4 Å². The zero-order valence-electron chi connectivity index (χ0n) is 20.7. The lowest BCUT2D eigenvalue weighted by Crippen LogP contribution is -2.37. The summed E-state index contributed by atoms with van der Waals surface area (Å²) in [6, 6.07) is 19.0. The molecule has 1 amide bonds. The molecule has 7 nitrogen and oxygen atoms in total. The second kappa shape index (κ2) is 9.86. The molecule has 0 saturated carbocycles. The van der Waals surface area contributed by atoms with Crippen LogP contribution in [0, 0.1) is 0 Å². The fourth-order valence-corrected chi connectivity index (χ4v) is 4.35. The third-order valence-electron chi connectivity index (χ3n) is 5.93. The van der Waals surface area contributed by atoms with E-state index in [4.69, 9.17) is 18.9 Å². The molecule has 0 bridgehead atoms. The van der Waals surface area contributed by atoms with Crippen LogP contribution >= 0.6 is 0 Å². The van der Waals surface area contributed by atoms with Crippen LogP contribution in [0.15, 0.2) is 60.7 Å². The molecule has 0 aromatic heterocycles. The van der Waals surface area contributed by atoms with E-state index in [1.807, 2.05) is 63.2 Å². The van der Waals surface area contributed by atoms with E-state index >= 15 is 0 Å². The van der Waals surface area contributed by atoms with E-state index in [1.54, 1.807) is 17.0 Å². The second-order valence-electron chi connectivity index (χ2n) is 9.58. The second-order valence-corrected chi connectivity index (χ2v) is 9.58. The summed E-state index contributed by atoms with van der Waals surface area (Å²) in [6.07, 6.45) is -0.0876. The van der Waals surface area contributed by atoms with Gasteiger partial charge in [-0.25, -0.2) is 9.59 Å². The van der Waals surface area contributed by atoms with Gasteiger partial charge in [-0.05, 0) is 61.4 Å². The first-order chi connectivity index (χ1) is 16.7. The number of rotatable bonds is 5. The fourth-order valence-electron chi connectivity index (χ4n) is 4.35. The summed E-state index contributed by atoms with van der Waals surface area (Å²) in [4.78, 5) is 26.9. The highest BCUT2D eigenvalue weighted by Crippen LogP contribution is 2.37. The summed E-state index contributed by atoms with van der Waals surface area (Å²) in [5.41, 5.74) is 0.514. The Morgan fingerprint density at radius 2 is 1.69 bits per heavy atom. The maximum Gasteiger partial charge on any atom is 0.410 e. The van der Waals surface area contributed by atoms with Crippen LogP contribution in [0.5, 0.6) is 11.5 Å². The van der Waals surface area contributed by atoms with Crippen LogP contribution in [0.3, 0.4) is 0 Å². The highest BCUT2D eigenvalue weighted by atomic mass is 16.6. The van der Waals surface area contributed by atoms with Crippen LogP contribution in [0.1, 0.15) is 49.2 Å². The first-order valence-corrected chi connectivity index (χ1v) is 11.6. The third-order valence-corrected chi connectivity index (χ3v) is 5.93. The molecule has 3 aromatic carbocycles. The molecule has 0 radical (unpaired) electrons. The summed E-state index contributed by atoms with van der Waals surface area (Å²) in [7, 11) is 2.82. The molecule has 1 aliphatic rings. The van der Waals surface area contributed by atoms with Gasteiger partial charge in [0.2, 0.25) is 0 Å². The number of carbonyl (C=O) groups is 2. The number of amides is 1. The lowest BCUT2D eigenvalue weighted by molar-refractivity contribution is 0.0210. The lowest BCUT2D eigenvalue weighted by Gasteiger charge is -2.28. The number of nitrogens with zero attached hydrogens (tertiary/aromatic N) is 1. The Bertz CT molecular complexity index is 1230. The Hall–Kier alpha value is -3.74. The SMILES string of the molecule is COC(=O)c1ccc(C2CC(Oc3ccc4ccccc4c3)CN2C(=O)OC(C)(C)C)cc1OC. The highest BCUT2D eigenvalue weighted by molar-refractivity contribution is 5.92. The van der Waals surface area contributed by atoms with Crippen molar-refractivity contribution in [3.63, 3.8) is 0 Å². The molecule has 1 aliphatic heterocycles. The number of benzene rings is 3. The van der Waals surface area contributed by atoms with Gasteiger partial charge in [-0.2, -0.15) is 0 Å². The van der Waals surface area contributed by atoms with E-state index in [0.717, 1.165) is 22.1 Å². The van der Waals surface area contributed by atoms with Crippen molar-refractivity contribution < 1.29 is 28.5 Å². The van der Waals surface area contributed by atoms with Crippen molar-refractivity contribution in [2.45, 2.75) is 44.9 Å². The van der Waals surface area contributed by atoms with Gasteiger partial charge in [-0.15, -0.1) is 0 Å². The van der Waals surface area contributed by atoms with Crippen molar-refractivity contribution in [2.75, 3.05) is 20.8 Å². The molecule has 0 spiro atoms. The van der Waals surface area contributed by atoms with E-state index in [9.17, 15) is 9.59 Å². The predicted molar refractivity (Wildman–Crippen MR) is 133 cm³/mol. The van der Waals surface area contributed by atoms with Gasteiger partial charge < -0.3 is 18.9 Å². The molecule has 2 unspecified atom stereocenters. The lowest BCUT2D eigenvalue weighted by atomic mass is 10.0. The predicted octanol–water partition coefficient (Wildman–Crippen LogP) is 5.76. The van der Waals surface area contributed by atoms with Gasteiger partial charge in [0.05, 0.1) is 26.8 Å². The summed E-state index contributed by atoms with van der Waals surface area (Å²) in [5.74, 6) is 0.649. The number of methoxy groups -OCH3 is 2. The smallest absolute Gasteiger partial charge is 0.410 e. The Kier molecular flexibility index (Phi) is 6.87. The molecule has 7 heteroatoms. The molecule has 1 saturated heterocycles. The van der Waals surface area contributed by atoms with E-state index in [-0.39, 0.29) is 12.1 Å². The number of esters is 1. The largest absolute Gasteiger partial charge is 0.496 e. The van der Waals surface area contributed by atoms with Crippen LogP contribution in [0.25, 0.3) is 10.8 Å². The number of carbonyl (C=O) groups excluding carboxylic acids is 2. The van der Waals surface area contributed by atoms with Crippen molar-refractivity contribution in [1.82, 2.24) is 4.90 Å². The molecule has 1 fully saturated rings. The van der Waals surface area contributed by atoms with Crippen LogP contribution in [0.4, 0.5) is 4.79 Å². The van der Waals surface area contributed by atoms with E-state index in [1.165, 1.54) is 14.2 Å². The minimum atomic E-state index is -0.634. The van der Waals surface area contributed by atoms with E-state index < -0.39 is 17.7 Å². The van der Waals surface area contributed by atoms with Gasteiger partial charge in [0.25, 0.3) is 0 Å². The zero-order valence-corrected chi connectivity index (χ0v) is 20.7. The van der Waals surface area contributed by atoms with Gasteiger partial charge in [0, 0.05) is 6.42 Å². The standard InChI is InChI=1S/C28H31NO6/c1-28(2,3)35-27(31)29-17-22(34-21-12-10-18-8-6-7-9-19(18)14-21)16-24(29)20-11-13-23(26(30)33-5)25(15-20)32-4/h6-15,22,24H,16-17H2,1-5H3. The summed E-state index contributed by atoms with van der Waals surface area (Å²) in [5, 5.41) is 2.23. The Morgan fingerprint density at radius 1 is 0.943 bits per heavy atom. The number of likely N-dealkylation sites (tertiary alicyclic amines) is 1. The first kappa shape index (κ1) is 24.4. The molecule has 3 aromatic rings. The van der Waals surface area contributed by atoms with Crippen LogP contribution < -0.4 is 9.47 Å². The Balaban J connectivity index is 1.62. The monoisotopic (exact) mass is 477 g/mol. The molecule has 0 N–H and O–H groups in total. The molecule has 4 rings (SSSR count). The minimum Gasteiger partial charge on any atom is -0.496 e. The average Bonchev–Trinajstić information content (AvgIpc) is 3.26.